The van der Waals surface area contributed by atoms with Crippen LogP contribution in [-0.4, -0.2) is 26.6 Å². The van der Waals surface area contributed by atoms with Crippen molar-refractivity contribution >= 4 is 21.6 Å². The summed E-state index contributed by atoms with van der Waals surface area (Å²) in [5, 5.41) is 0. The molecule has 0 saturated heterocycles. The van der Waals surface area contributed by atoms with Crippen LogP contribution in [0.2, 0.25) is 0 Å². The van der Waals surface area contributed by atoms with Crippen LogP contribution in [0.25, 0.3) is 0 Å². The first-order chi connectivity index (χ1) is 7.54. The number of unbranched alkanes of at least 4 members (excludes halogenated alkanes) is 1. The molecule has 5 heteroatoms. The summed E-state index contributed by atoms with van der Waals surface area (Å²) < 4.78 is 26.0. The molecule has 0 unspecified atom stereocenters. The highest BCUT2D eigenvalue weighted by molar-refractivity contribution is 7.89. The molecule has 0 aliphatic heterocycles. The topological polar surface area (TPSA) is 46.2 Å². The van der Waals surface area contributed by atoms with E-state index >= 15 is 0 Å². The van der Waals surface area contributed by atoms with Gasteiger partial charge in [0.2, 0.25) is 10.0 Å². The Kier molecular flexibility index (Phi) is 5.54. The van der Waals surface area contributed by atoms with Gasteiger partial charge in [-0.1, -0.05) is 26.2 Å². The predicted molar refractivity (Wildman–Crippen MR) is 68.3 cm³/mol. The third-order valence-electron chi connectivity index (χ3n) is 3.38. The third kappa shape index (κ3) is 4.22. The molecule has 0 aromatic heterocycles. The molecule has 0 amide bonds. The van der Waals surface area contributed by atoms with Gasteiger partial charge in [-0.25, -0.2) is 13.1 Å². The predicted octanol–water partition coefficient (Wildman–Crippen LogP) is 2.51. The van der Waals surface area contributed by atoms with Crippen LogP contribution in [0.1, 0.15) is 45.4 Å². The maximum absolute atomic E-state index is 11.7. The van der Waals surface area contributed by atoms with E-state index in [1.165, 1.54) is 12.8 Å². The molecule has 0 bridgehead atoms. The molecule has 0 spiro atoms. The maximum atomic E-state index is 11.7. The summed E-state index contributed by atoms with van der Waals surface area (Å²) in [5.74, 6) is 0.797. The fourth-order valence-corrected chi connectivity index (χ4v) is 3.85. The van der Waals surface area contributed by atoms with Gasteiger partial charge < -0.3 is 0 Å². The van der Waals surface area contributed by atoms with Crippen molar-refractivity contribution in [3.63, 3.8) is 0 Å². The van der Waals surface area contributed by atoms with Crippen LogP contribution in [-0.2, 0) is 10.0 Å². The normalized spacial score (nSPS) is 20.1. The average molecular weight is 268 g/mol. The van der Waals surface area contributed by atoms with Gasteiger partial charge in [0.15, 0.2) is 0 Å². The lowest BCUT2D eigenvalue weighted by atomic mass is 9.89. The molecule has 0 heterocycles. The Bertz CT molecular complexity index is 297. The Hall–Kier alpha value is 0.200. The van der Waals surface area contributed by atoms with Gasteiger partial charge in [0.25, 0.3) is 0 Å². The monoisotopic (exact) mass is 267 g/mol. The van der Waals surface area contributed by atoms with Gasteiger partial charge in [0, 0.05) is 12.4 Å². The Morgan fingerprint density at radius 3 is 2.44 bits per heavy atom. The molecule has 0 atom stereocenters. The van der Waals surface area contributed by atoms with E-state index in [-0.39, 0.29) is 11.2 Å². The van der Waals surface area contributed by atoms with E-state index in [1.807, 2.05) is 6.92 Å². The molecule has 1 aliphatic rings. The molecule has 3 nitrogen and oxygen atoms in total. The minimum Gasteiger partial charge on any atom is -0.215 e. The Labute approximate surface area is 104 Å². The van der Waals surface area contributed by atoms with Gasteiger partial charge in [-0.2, -0.15) is 0 Å². The molecule has 0 aromatic carbocycles. The molecular formula is C11H22ClNO2S. The highest BCUT2D eigenvalue weighted by Crippen LogP contribution is 2.38. The van der Waals surface area contributed by atoms with Crippen molar-refractivity contribution in [2.45, 2.75) is 45.4 Å². The summed E-state index contributed by atoms with van der Waals surface area (Å²) in [6.07, 6.45) is 6.07. The maximum Gasteiger partial charge on any atom is 0.211 e. The fourth-order valence-electron chi connectivity index (χ4n) is 2.15. The molecular weight excluding hydrogens is 246 g/mol. The van der Waals surface area contributed by atoms with Crippen LogP contribution in [0.15, 0.2) is 0 Å². The van der Waals surface area contributed by atoms with Gasteiger partial charge in [-0.05, 0) is 24.7 Å². The Morgan fingerprint density at radius 2 is 1.94 bits per heavy atom. The third-order valence-corrected chi connectivity index (χ3v) is 5.36. The Balaban J connectivity index is 2.43. The zero-order valence-electron chi connectivity index (χ0n) is 9.97. The first-order valence-corrected chi connectivity index (χ1v) is 8.26. The van der Waals surface area contributed by atoms with Crippen molar-refractivity contribution in [2.24, 2.45) is 5.41 Å². The van der Waals surface area contributed by atoms with Gasteiger partial charge in [-0.3, -0.25) is 0 Å². The Morgan fingerprint density at radius 1 is 1.31 bits per heavy atom. The highest BCUT2D eigenvalue weighted by atomic mass is 35.5. The second-order valence-electron chi connectivity index (χ2n) is 4.83. The number of hydrogen-bond donors (Lipinski definition) is 1. The van der Waals surface area contributed by atoms with Crippen molar-refractivity contribution in [2.75, 3.05) is 18.2 Å². The first kappa shape index (κ1) is 14.3. The lowest BCUT2D eigenvalue weighted by Gasteiger charge is -2.26. The van der Waals surface area contributed by atoms with Crippen molar-refractivity contribution in [1.82, 2.24) is 4.72 Å². The summed E-state index contributed by atoms with van der Waals surface area (Å²) in [4.78, 5) is 0. The minimum absolute atomic E-state index is 0.0147. The number of nitrogens with one attached hydrogen (secondary N) is 1. The molecule has 1 N–H and O–H groups in total. The van der Waals surface area contributed by atoms with Crippen molar-refractivity contribution in [3.05, 3.63) is 0 Å². The molecule has 96 valence electrons. The SMILES string of the molecule is CCCCS(=O)(=O)NCC1(CCl)CCCC1. The summed E-state index contributed by atoms with van der Waals surface area (Å²) in [7, 11) is -3.09. The summed E-state index contributed by atoms with van der Waals surface area (Å²) in [6, 6.07) is 0. The van der Waals surface area contributed by atoms with E-state index in [0.29, 0.717) is 12.4 Å². The number of halogens is 1. The molecule has 1 aliphatic carbocycles. The van der Waals surface area contributed by atoms with Crippen LogP contribution in [0.4, 0.5) is 0 Å². The van der Waals surface area contributed by atoms with Crippen LogP contribution in [0.5, 0.6) is 0 Å². The molecule has 1 rings (SSSR count). The van der Waals surface area contributed by atoms with Gasteiger partial charge >= 0.3 is 0 Å². The summed E-state index contributed by atoms with van der Waals surface area (Å²) >= 11 is 5.96. The van der Waals surface area contributed by atoms with Gasteiger partial charge in [0.05, 0.1) is 5.75 Å². The van der Waals surface area contributed by atoms with Gasteiger partial charge in [0.1, 0.15) is 0 Å². The summed E-state index contributed by atoms with van der Waals surface area (Å²) in [6.45, 7) is 2.51. The zero-order valence-corrected chi connectivity index (χ0v) is 11.5. The molecule has 1 fully saturated rings. The average Bonchev–Trinajstić information content (AvgIpc) is 2.74. The minimum atomic E-state index is -3.09. The lowest BCUT2D eigenvalue weighted by molar-refractivity contribution is 0.342. The quantitative estimate of drug-likeness (QED) is 0.721. The first-order valence-electron chi connectivity index (χ1n) is 6.07. The number of alkyl halides is 1. The van der Waals surface area contributed by atoms with Crippen LogP contribution in [0, 0.1) is 5.41 Å². The number of hydrogen-bond acceptors (Lipinski definition) is 2. The fraction of sp³-hybridized carbons (Fsp3) is 1.00. The molecule has 16 heavy (non-hydrogen) atoms. The van der Waals surface area contributed by atoms with E-state index in [0.717, 1.165) is 25.7 Å². The van der Waals surface area contributed by atoms with E-state index < -0.39 is 10.0 Å². The van der Waals surface area contributed by atoms with Crippen LogP contribution < -0.4 is 4.72 Å². The summed E-state index contributed by atoms with van der Waals surface area (Å²) in [5.41, 5.74) is 0.0147. The van der Waals surface area contributed by atoms with Crippen LogP contribution >= 0.6 is 11.6 Å². The zero-order chi connectivity index (χ0) is 12.1. The van der Waals surface area contributed by atoms with Crippen molar-refractivity contribution in [3.8, 4) is 0 Å². The molecule has 0 radical (unpaired) electrons. The number of sulfonamides is 1. The smallest absolute Gasteiger partial charge is 0.211 e. The van der Waals surface area contributed by atoms with Crippen molar-refractivity contribution in [1.29, 1.82) is 0 Å². The van der Waals surface area contributed by atoms with E-state index in [2.05, 4.69) is 4.72 Å². The lowest BCUT2D eigenvalue weighted by Crippen LogP contribution is -2.38. The van der Waals surface area contributed by atoms with Crippen LogP contribution in [0.3, 0.4) is 0 Å². The molecule has 1 saturated carbocycles. The van der Waals surface area contributed by atoms with Gasteiger partial charge in [-0.15, -0.1) is 11.6 Å². The molecule has 0 aromatic rings. The second-order valence-corrected chi connectivity index (χ2v) is 7.03. The van der Waals surface area contributed by atoms with E-state index in [1.54, 1.807) is 0 Å². The largest absolute Gasteiger partial charge is 0.215 e. The number of rotatable bonds is 7. The van der Waals surface area contributed by atoms with E-state index in [4.69, 9.17) is 11.6 Å². The standard InChI is InChI=1S/C11H22ClNO2S/c1-2-3-8-16(14,15)13-10-11(9-12)6-4-5-7-11/h13H,2-10H2,1H3. The van der Waals surface area contributed by atoms with Crippen molar-refractivity contribution < 1.29 is 8.42 Å². The highest BCUT2D eigenvalue weighted by Gasteiger charge is 2.33. The van der Waals surface area contributed by atoms with E-state index in [9.17, 15) is 8.42 Å². The second kappa shape index (κ2) is 6.22.